The predicted molar refractivity (Wildman–Crippen MR) is 73.9 cm³/mol. The fourth-order valence-corrected chi connectivity index (χ4v) is 2.62. The Labute approximate surface area is 112 Å². The van der Waals surface area contributed by atoms with Crippen molar-refractivity contribution in [3.8, 4) is 11.1 Å². The summed E-state index contributed by atoms with van der Waals surface area (Å²) < 4.78 is 2.07. The maximum absolute atomic E-state index is 6.06. The van der Waals surface area contributed by atoms with Crippen molar-refractivity contribution in [2.45, 2.75) is 19.4 Å². The number of nitrogens with zero attached hydrogens (tertiary/aromatic N) is 2. The molecule has 0 amide bonds. The lowest BCUT2D eigenvalue weighted by atomic mass is 10.0. The number of aromatic nitrogens is 2. The Kier molecular flexibility index (Phi) is 3.10. The minimum Gasteiger partial charge on any atom is -0.315 e. The second-order valence-corrected chi connectivity index (χ2v) is 5.25. The summed E-state index contributed by atoms with van der Waals surface area (Å²) >= 11 is 6.06. The quantitative estimate of drug-likeness (QED) is 0.901. The molecular formula is C14H16ClN3. The normalized spacial score (nSPS) is 19.3. The molecule has 2 heterocycles. The van der Waals surface area contributed by atoms with Gasteiger partial charge in [-0.05, 0) is 43.1 Å². The van der Waals surface area contributed by atoms with Crippen LogP contribution in [0.2, 0.25) is 5.02 Å². The topological polar surface area (TPSA) is 29.9 Å². The van der Waals surface area contributed by atoms with E-state index in [1.54, 1.807) is 0 Å². The van der Waals surface area contributed by atoms with E-state index in [9.17, 15) is 0 Å². The van der Waals surface area contributed by atoms with Gasteiger partial charge in [0.25, 0.3) is 0 Å². The molecule has 3 nitrogen and oxygen atoms in total. The zero-order chi connectivity index (χ0) is 12.5. The van der Waals surface area contributed by atoms with Crippen molar-refractivity contribution in [1.82, 2.24) is 15.1 Å². The van der Waals surface area contributed by atoms with Crippen molar-refractivity contribution in [2.24, 2.45) is 0 Å². The zero-order valence-electron chi connectivity index (χ0n) is 10.4. The van der Waals surface area contributed by atoms with E-state index in [0.717, 1.165) is 30.1 Å². The first-order chi connectivity index (χ1) is 8.74. The fraction of sp³-hybridized carbons (Fsp3) is 0.357. The highest BCUT2D eigenvalue weighted by molar-refractivity contribution is 6.30. The summed E-state index contributed by atoms with van der Waals surface area (Å²) in [5, 5.41) is 8.61. The van der Waals surface area contributed by atoms with Gasteiger partial charge in [-0.25, -0.2) is 0 Å². The van der Waals surface area contributed by atoms with E-state index < -0.39 is 0 Å². The van der Waals surface area contributed by atoms with Crippen LogP contribution in [0.15, 0.2) is 30.6 Å². The molecule has 1 unspecified atom stereocenters. The van der Waals surface area contributed by atoms with Gasteiger partial charge in [0.1, 0.15) is 0 Å². The Bertz CT molecular complexity index is 556. The van der Waals surface area contributed by atoms with E-state index in [0.29, 0.717) is 6.04 Å². The second kappa shape index (κ2) is 4.75. The Hall–Kier alpha value is -1.32. The maximum Gasteiger partial charge on any atom is 0.0655 e. The van der Waals surface area contributed by atoms with E-state index in [1.165, 1.54) is 11.1 Å². The van der Waals surface area contributed by atoms with Gasteiger partial charge in [0.15, 0.2) is 0 Å². The molecule has 0 saturated carbocycles. The average Bonchev–Trinajstić information content (AvgIpc) is 3.00. The third-order valence-corrected chi connectivity index (χ3v) is 3.76. The molecule has 2 aromatic rings. The third-order valence-electron chi connectivity index (χ3n) is 3.52. The van der Waals surface area contributed by atoms with E-state index in [1.807, 2.05) is 24.4 Å². The van der Waals surface area contributed by atoms with Crippen LogP contribution in [0.5, 0.6) is 0 Å². The van der Waals surface area contributed by atoms with Crippen LogP contribution in [-0.2, 0) is 0 Å². The van der Waals surface area contributed by atoms with Crippen LogP contribution in [-0.4, -0.2) is 22.9 Å². The molecule has 1 aromatic carbocycles. The van der Waals surface area contributed by atoms with Crippen LogP contribution in [0.3, 0.4) is 0 Å². The number of halogens is 1. The molecule has 18 heavy (non-hydrogen) atoms. The monoisotopic (exact) mass is 261 g/mol. The summed E-state index contributed by atoms with van der Waals surface area (Å²) in [6.07, 6.45) is 5.20. The second-order valence-electron chi connectivity index (χ2n) is 4.81. The van der Waals surface area contributed by atoms with Crippen LogP contribution in [0, 0.1) is 6.92 Å². The SMILES string of the molecule is Cc1ccc(Cl)cc1-c1cnn(C2CCNC2)c1. The highest BCUT2D eigenvalue weighted by Gasteiger charge is 2.17. The summed E-state index contributed by atoms with van der Waals surface area (Å²) in [5.41, 5.74) is 3.53. The number of nitrogens with one attached hydrogen (secondary N) is 1. The van der Waals surface area contributed by atoms with Crippen molar-refractivity contribution in [3.63, 3.8) is 0 Å². The molecule has 1 fully saturated rings. The van der Waals surface area contributed by atoms with Crippen molar-refractivity contribution in [2.75, 3.05) is 13.1 Å². The molecule has 94 valence electrons. The molecule has 1 aliphatic heterocycles. The molecule has 1 saturated heterocycles. The van der Waals surface area contributed by atoms with E-state index >= 15 is 0 Å². The molecule has 0 radical (unpaired) electrons. The van der Waals surface area contributed by atoms with Gasteiger partial charge in [0.2, 0.25) is 0 Å². The van der Waals surface area contributed by atoms with Crippen molar-refractivity contribution < 1.29 is 0 Å². The summed E-state index contributed by atoms with van der Waals surface area (Å²) in [4.78, 5) is 0. The molecule has 3 rings (SSSR count). The molecular weight excluding hydrogens is 246 g/mol. The fourth-order valence-electron chi connectivity index (χ4n) is 2.45. The van der Waals surface area contributed by atoms with Gasteiger partial charge in [-0.2, -0.15) is 5.10 Å². The standard InChI is InChI=1S/C14H16ClN3/c1-10-2-3-12(15)6-14(10)11-7-17-18(9-11)13-4-5-16-8-13/h2-3,6-7,9,13,16H,4-5,8H2,1H3. The summed E-state index contributed by atoms with van der Waals surface area (Å²) in [6, 6.07) is 6.46. The van der Waals surface area contributed by atoms with Gasteiger partial charge in [0.05, 0.1) is 12.2 Å². The van der Waals surface area contributed by atoms with E-state index in [4.69, 9.17) is 11.6 Å². The van der Waals surface area contributed by atoms with Crippen LogP contribution in [0.4, 0.5) is 0 Å². The first-order valence-electron chi connectivity index (χ1n) is 6.25. The molecule has 0 bridgehead atoms. The number of rotatable bonds is 2. The van der Waals surface area contributed by atoms with Gasteiger partial charge in [-0.3, -0.25) is 4.68 Å². The third kappa shape index (κ3) is 2.16. The summed E-state index contributed by atoms with van der Waals surface area (Å²) in [7, 11) is 0. The Balaban J connectivity index is 1.94. The Morgan fingerprint density at radius 1 is 1.44 bits per heavy atom. The van der Waals surface area contributed by atoms with Gasteiger partial charge in [-0.15, -0.1) is 0 Å². The molecule has 4 heteroatoms. The van der Waals surface area contributed by atoms with Gasteiger partial charge >= 0.3 is 0 Å². The number of benzene rings is 1. The molecule has 0 aliphatic carbocycles. The van der Waals surface area contributed by atoms with Crippen molar-refractivity contribution >= 4 is 11.6 Å². The minimum absolute atomic E-state index is 0.484. The highest BCUT2D eigenvalue weighted by atomic mass is 35.5. The van der Waals surface area contributed by atoms with Gasteiger partial charge < -0.3 is 5.32 Å². The molecule has 0 spiro atoms. The number of aryl methyl sites for hydroxylation is 1. The number of hydrogen-bond donors (Lipinski definition) is 1. The Morgan fingerprint density at radius 2 is 2.33 bits per heavy atom. The largest absolute Gasteiger partial charge is 0.315 e. The lowest BCUT2D eigenvalue weighted by molar-refractivity contribution is 0.491. The molecule has 1 atom stereocenters. The highest BCUT2D eigenvalue weighted by Crippen LogP contribution is 2.27. The van der Waals surface area contributed by atoms with Gasteiger partial charge in [0, 0.05) is 23.3 Å². The van der Waals surface area contributed by atoms with E-state index in [2.05, 4.69) is 28.2 Å². The van der Waals surface area contributed by atoms with Crippen LogP contribution in [0.1, 0.15) is 18.0 Å². The average molecular weight is 262 g/mol. The van der Waals surface area contributed by atoms with Crippen molar-refractivity contribution in [3.05, 3.63) is 41.2 Å². The first kappa shape index (κ1) is 11.8. The molecule has 1 aliphatic rings. The Morgan fingerprint density at radius 3 is 3.11 bits per heavy atom. The predicted octanol–water partition coefficient (Wildman–Crippen LogP) is 3.05. The van der Waals surface area contributed by atoms with Crippen LogP contribution < -0.4 is 5.32 Å². The lowest BCUT2D eigenvalue weighted by Gasteiger charge is -2.08. The first-order valence-corrected chi connectivity index (χ1v) is 6.63. The summed E-state index contributed by atoms with van der Waals surface area (Å²) in [5.74, 6) is 0. The maximum atomic E-state index is 6.06. The van der Waals surface area contributed by atoms with Crippen molar-refractivity contribution in [1.29, 1.82) is 0 Å². The van der Waals surface area contributed by atoms with E-state index in [-0.39, 0.29) is 0 Å². The van der Waals surface area contributed by atoms with Gasteiger partial charge in [-0.1, -0.05) is 17.7 Å². The summed E-state index contributed by atoms with van der Waals surface area (Å²) in [6.45, 7) is 4.19. The molecule has 1 aromatic heterocycles. The minimum atomic E-state index is 0.484. The molecule has 1 N–H and O–H groups in total. The smallest absolute Gasteiger partial charge is 0.0655 e. The zero-order valence-corrected chi connectivity index (χ0v) is 11.1. The lowest BCUT2D eigenvalue weighted by Crippen LogP contribution is -2.13. The van der Waals surface area contributed by atoms with Crippen LogP contribution >= 0.6 is 11.6 Å². The van der Waals surface area contributed by atoms with Crippen LogP contribution in [0.25, 0.3) is 11.1 Å². The number of hydrogen-bond acceptors (Lipinski definition) is 2.